The van der Waals surface area contributed by atoms with Gasteiger partial charge >= 0.3 is 18.0 Å². The lowest BCUT2D eigenvalue weighted by molar-refractivity contribution is -0.166. The maximum atomic E-state index is 13.3. The first-order chi connectivity index (χ1) is 16.1. The average molecular weight is 493 g/mol. The highest BCUT2D eigenvalue weighted by Gasteiger charge is 2.56. The number of esters is 2. The number of carbonyl (C=O) groups excluding carboxylic acids is 3. The van der Waals surface area contributed by atoms with Gasteiger partial charge in [-0.3, -0.25) is 5.32 Å². The van der Waals surface area contributed by atoms with Crippen LogP contribution in [0.5, 0.6) is 5.88 Å². The molecule has 0 spiro atoms. The molecule has 0 aliphatic rings. The minimum atomic E-state index is -2.30. The van der Waals surface area contributed by atoms with Crippen LogP contribution in [0.1, 0.15) is 57.5 Å². The van der Waals surface area contributed by atoms with Crippen LogP contribution in [0.4, 0.5) is 4.79 Å². The fraction of sp³-hybridized carbons (Fsp3) is 0.500. The third-order valence-electron chi connectivity index (χ3n) is 4.52. The van der Waals surface area contributed by atoms with Gasteiger partial charge in [0.2, 0.25) is 5.88 Å². The van der Waals surface area contributed by atoms with E-state index in [2.05, 4.69) is 9.69 Å². The quantitative estimate of drug-likeness (QED) is 0.299. The van der Waals surface area contributed by atoms with Crippen LogP contribution in [0, 0.1) is 0 Å². The zero-order valence-corrected chi connectivity index (χ0v) is 21.2. The second-order valence-electron chi connectivity index (χ2n) is 8.24. The van der Waals surface area contributed by atoms with Crippen LogP contribution < -0.4 is 10.1 Å². The van der Waals surface area contributed by atoms with Crippen molar-refractivity contribution in [2.24, 2.45) is 0 Å². The molecule has 9 nitrogen and oxygen atoms in total. The number of aromatic nitrogens is 1. The summed E-state index contributed by atoms with van der Waals surface area (Å²) in [6.07, 6.45) is -0.609. The van der Waals surface area contributed by atoms with Crippen LogP contribution in [0.15, 0.2) is 30.3 Å². The molecule has 2 rings (SSSR count). The average Bonchev–Trinajstić information content (AvgIpc) is 3.19. The second kappa shape index (κ2) is 11.8. The fourth-order valence-electron chi connectivity index (χ4n) is 3.10. The highest BCUT2D eigenvalue weighted by Crippen LogP contribution is 2.37. The van der Waals surface area contributed by atoms with Crippen molar-refractivity contribution >= 4 is 29.6 Å². The standard InChI is InChI=1S/C24H32N2O7S/c1-7-17-18(34-26-19(17)32-15-16-13-11-10-12-14-16)24(20(27)30-8-2,21(28)31-9-3)25-22(29)33-23(4,5)6/h10-14H,7-9,15H2,1-6H3,(H,25,29). The van der Waals surface area contributed by atoms with E-state index >= 15 is 0 Å². The summed E-state index contributed by atoms with van der Waals surface area (Å²) in [5.41, 5.74) is -1.76. The number of rotatable bonds is 10. The number of nitrogens with zero attached hydrogens (tertiary/aromatic N) is 1. The minimum absolute atomic E-state index is 0.0202. The van der Waals surface area contributed by atoms with Gasteiger partial charge in [0.15, 0.2) is 0 Å². The van der Waals surface area contributed by atoms with Crippen molar-refractivity contribution in [2.75, 3.05) is 13.2 Å². The Morgan fingerprint density at radius 2 is 1.56 bits per heavy atom. The van der Waals surface area contributed by atoms with Crippen LogP contribution in [0.3, 0.4) is 0 Å². The van der Waals surface area contributed by atoms with E-state index in [-0.39, 0.29) is 30.6 Å². The molecule has 0 fully saturated rings. The van der Waals surface area contributed by atoms with Gasteiger partial charge in [-0.2, -0.15) is 4.37 Å². The second-order valence-corrected chi connectivity index (χ2v) is 9.01. The van der Waals surface area contributed by atoms with Crippen LogP contribution >= 0.6 is 11.5 Å². The molecule has 1 heterocycles. The monoisotopic (exact) mass is 492 g/mol. The Bertz CT molecular complexity index is 965. The number of carbonyl (C=O) groups is 3. The van der Waals surface area contributed by atoms with Crippen molar-refractivity contribution in [1.29, 1.82) is 0 Å². The molecule has 0 radical (unpaired) electrons. The molecule has 0 atom stereocenters. The van der Waals surface area contributed by atoms with Crippen molar-refractivity contribution in [2.45, 2.75) is 65.7 Å². The fourth-order valence-corrected chi connectivity index (χ4v) is 4.14. The Balaban J connectivity index is 2.57. The van der Waals surface area contributed by atoms with E-state index in [0.29, 0.717) is 12.0 Å². The first-order valence-electron chi connectivity index (χ1n) is 11.1. The van der Waals surface area contributed by atoms with Crippen LogP contribution in [-0.4, -0.2) is 41.2 Å². The van der Waals surface area contributed by atoms with Gasteiger partial charge in [0, 0.05) is 5.56 Å². The number of hydrogen-bond donors (Lipinski definition) is 1. The zero-order chi connectivity index (χ0) is 25.4. The maximum absolute atomic E-state index is 13.3. The van der Waals surface area contributed by atoms with Crippen molar-refractivity contribution in [1.82, 2.24) is 9.69 Å². The summed E-state index contributed by atoms with van der Waals surface area (Å²) in [6, 6.07) is 9.50. The predicted octanol–water partition coefficient (Wildman–Crippen LogP) is 4.13. The Labute approximate surface area is 203 Å². The van der Waals surface area contributed by atoms with Crippen LogP contribution in [0.2, 0.25) is 0 Å². The summed E-state index contributed by atoms with van der Waals surface area (Å²) in [6.45, 7) is 10.2. The Hall–Kier alpha value is -3.14. The molecular formula is C24H32N2O7S. The van der Waals surface area contributed by atoms with Crippen molar-refractivity contribution < 1.29 is 33.3 Å². The first-order valence-corrected chi connectivity index (χ1v) is 11.9. The molecule has 1 aromatic heterocycles. The van der Waals surface area contributed by atoms with Crippen molar-refractivity contribution in [3.05, 3.63) is 46.3 Å². The number of hydrogen-bond acceptors (Lipinski definition) is 9. The number of nitrogens with one attached hydrogen (secondary N) is 1. The van der Waals surface area contributed by atoms with E-state index in [1.807, 2.05) is 37.3 Å². The molecule has 34 heavy (non-hydrogen) atoms. The van der Waals surface area contributed by atoms with Crippen molar-refractivity contribution in [3.8, 4) is 5.88 Å². The summed E-state index contributed by atoms with van der Waals surface area (Å²) >= 11 is 0.864. The molecule has 0 aliphatic carbocycles. The van der Waals surface area contributed by atoms with E-state index in [9.17, 15) is 14.4 Å². The number of benzene rings is 1. The largest absolute Gasteiger partial charge is 0.472 e. The summed E-state index contributed by atoms with van der Waals surface area (Å²) in [5, 5.41) is 2.44. The molecule has 186 valence electrons. The smallest absolute Gasteiger partial charge is 0.409 e. The van der Waals surface area contributed by atoms with E-state index in [1.165, 1.54) is 0 Å². The van der Waals surface area contributed by atoms with Gasteiger partial charge in [-0.1, -0.05) is 37.3 Å². The molecular weight excluding hydrogens is 460 g/mol. The Morgan fingerprint density at radius 1 is 0.971 bits per heavy atom. The number of alkyl carbamates (subject to hydrolysis) is 1. The van der Waals surface area contributed by atoms with E-state index in [0.717, 1.165) is 17.1 Å². The molecule has 0 bridgehead atoms. The molecule has 2 aromatic rings. The SMILES string of the molecule is CCOC(=O)C(NC(=O)OC(C)(C)C)(C(=O)OCC)c1snc(OCc2ccccc2)c1CC. The highest BCUT2D eigenvalue weighted by molar-refractivity contribution is 7.06. The van der Waals surface area contributed by atoms with Gasteiger partial charge in [0.1, 0.15) is 12.2 Å². The molecule has 1 N–H and O–H groups in total. The van der Waals surface area contributed by atoms with Crippen molar-refractivity contribution in [3.63, 3.8) is 0 Å². The topological polar surface area (TPSA) is 113 Å². The number of ether oxygens (including phenoxy) is 4. The summed E-state index contributed by atoms with van der Waals surface area (Å²) in [7, 11) is 0. The van der Waals surface area contributed by atoms with E-state index in [1.54, 1.807) is 34.6 Å². The van der Waals surface area contributed by atoms with Crippen LogP contribution in [-0.2, 0) is 42.4 Å². The summed E-state index contributed by atoms with van der Waals surface area (Å²) in [5.74, 6) is -1.73. The predicted molar refractivity (Wildman–Crippen MR) is 127 cm³/mol. The lowest BCUT2D eigenvalue weighted by Gasteiger charge is -2.31. The van der Waals surface area contributed by atoms with Crippen LogP contribution in [0.25, 0.3) is 0 Å². The minimum Gasteiger partial charge on any atom is -0.472 e. The van der Waals surface area contributed by atoms with Gasteiger partial charge in [0.05, 0.1) is 18.1 Å². The molecule has 10 heteroatoms. The van der Waals surface area contributed by atoms with Gasteiger partial charge < -0.3 is 18.9 Å². The van der Waals surface area contributed by atoms with E-state index < -0.39 is 29.2 Å². The van der Waals surface area contributed by atoms with E-state index in [4.69, 9.17) is 18.9 Å². The normalized spacial score (nSPS) is 11.5. The molecule has 0 aliphatic heterocycles. The lowest BCUT2D eigenvalue weighted by atomic mass is 9.93. The third-order valence-corrected chi connectivity index (χ3v) is 5.51. The molecule has 1 amide bonds. The Morgan fingerprint density at radius 3 is 2.06 bits per heavy atom. The molecule has 1 aromatic carbocycles. The highest BCUT2D eigenvalue weighted by atomic mass is 32.1. The lowest BCUT2D eigenvalue weighted by Crippen LogP contribution is -2.59. The first kappa shape index (κ1) is 27.1. The third kappa shape index (κ3) is 6.47. The van der Waals surface area contributed by atoms with Gasteiger partial charge in [-0.25, -0.2) is 14.4 Å². The molecule has 0 saturated heterocycles. The summed E-state index contributed by atoms with van der Waals surface area (Å²) < 4.78 is 26.0. The molecule has 0 saturated carbocycles. The van der Waals surface area contributed by atoms with Gasteiger partial charge in [-0.05, 0) is 58.1 Å². The molecule has 0 unspecified atom stereocenters. The maximum Gasteiger partial charge on any atom is 0.409 e. The zero-order valence-electron chi connectivity index (χ0n) is 20.4. The van der Waals surface area contributed by atoms with Gasteiger partial charge in [0.25, 0.3) is 5.54 Å². The summed E-state index contributed by atoms with van der Waals surface area (Å²) in [4.78, 5) is 39.5. The number of amides is 1. The van der Waals surface area contributed by atoms with Gasteiger partial charge in [-0.15, -0.1) is 0 Å². The Kier molecular flexibility index (Phi) is 9.43.